The third kappa shape index (κ3) is 3.88. The van der Waals surface area contributed by atoms with Crippen molar-refractivity contribution in [3.05, 3.63) is 45.8 Å². The number of rotatable bonds is 6. The Balaban J connectivity index is 2.53. The van der Waals surface area contributed by atoms with Gasteiger partial charge >= 0.3 is 11.9 Å². The molecule has 1 N–H and O–H groups in total. The lowest BCUT2D eigenvalue weighted by atomic mass is 10.2. The van der Waals surface area contributed by atoms with Gasteiger partial charge in [0, 0.05) is 5.69 Å². The molecule has 0 amide bonds. The van der Waals surface area contributed by atoms with Gasteiger partial charge in [-0.2, -0.15) is 0 Å². The molecule has 9 heteroatoms. The number of aryl methyl sites for hydroxylation is 1. The minimum Gasteiger partial charge on any atom is -0.465 e. The predicted molar refractivity (Wildman–Crippen MR) is 98.4 cm³/mol. The molecule has 26 heavy (non-hydrogen) atoms. The van der Waals surface area contributed by atoms with Crippen molar-refractivity contribution in [1.29, 1.82) is 0 Å². The van der Waals surface area contributed by atoms with E-state index >= 15 is 0 Å². The van der Waals surface area contributed by atoms with Gasteiger partial charge in [-0.3, -0.25) is 4.72 Å². The summed E-state index contributed by atoms with van der Waals surface area (Å²) in [5.74, 6) is -1.55. The minimum absolute atomic E-state index is 0.0367. The molecule has 0 unspecified atom stereocenters. The Morgan fingerprint density at radius 2 is 1.65 bits per heavy atom. The third-order valence-corrected chi connectivity index (χ3v) is 6.90. The van der Waals surface area contributed by atoms with Crippen LogP contribution in [0.3, 0.4) is 0 Å². The van der Waals surface area contributed by atoms with Crippen LogP contribution in [-0.2, 0) is 25.9 Å². The van der Waals surface area contributed by atoms with Crippen LogP contribution in [-0.4, -0.2) is 34.6 Å². The fraction of sp³-hybridized carbons (Fsp3) is 0.294. The zero-order valence-corrected chi connectivity index (χ0v) is 16.4. The van der Waals surface area contributed by atoms with Crippen molar-refractivity contribution in [2.75, 3.05) is 18.9 Å². The van der Waals surface area contributed by atoms with Crippen LogP contribution >= 0.6 is 11.3 Å². The van der Waals surface area contributed by atoms with Crippen molar-refractivity contribution in [3.8, 4) is 0 Å². The Bertz CT molecular complexity index is 929. The van der Waals surface area contributed by atoms with Gasteiger partial charge in [-0.15, -0.1) is 11.3 Å². The Kier molecular flexibility index (Phi) is 6.04. The molecule has 0 aliphatic rings. The highest BCUT2D eigenvalue weighted by Gasteiger charge is 2.32. The van der Waals surface area contributed by atoms with Gasteiger partial charge in [0.15, 0.2) is 4.21 Å². The molecular formula is C17H19NO6S2. The van der Waals surface area contributed by atoms with Gasteiger partial charge in [-0.05, 0) is 36.6 Å². The maximum Gasteiger partial charge on any atom is 0.348 e. The molecule has 1 heterocycles. The number of esters is 2. The second-order valence-corrected chi connectivity index (χ2v) is 8.26. The highest BCUT2D eigenvalue weighted by molar-refractivity contribution is 7.94. The lowest BCUT2D eigenvalue weighted by molar-refractivity contribution is 0.0596. The molecule has 2 aromatic rings. The van der Waals surface area contributed by atoms with E-state index in [1.54, 1.807) is 24.3 Å². The van der Waals surface area contributed by atoms with E-state index in [0.717, 1.165) is 19.1 Å². The standard InChI is InChI=1S/C17H19NO6S2/c1-5-11-6-8-12(9-7-11)18-26(21,22)17-13(15(19)23-3)10(2)14(25-17)16(20)24-4/h6-9,18H,5H2,1-4H3. The van der Waals surface area contributed by atoms with Gasteiger partial charge in [0.05, 0.1) is 19.8 Å². The number of hydrogen-bond acceptors (Lipinski definition) is 7. The molecular weight excluding hydrogens is 378 g/mol. The van der Waals surface area contributed by atoms with E-state index in [9.17, 15) is 18.0 Å². The SMILES string of the molecule is CCc1ccc(NS(=O)(=O)c2sc(C(=O)OC)c(C)c2C(=O)OC)cc1. The maximum atomic E-state index is 12.8. The van der Waals surface area contributed by atoms with Crippen molar-refractivity contribution in [2.45, 2.75) is 24.5 Å². The van der Waals surface area contributed by atoms with Crippen LogP contribution in [0.4, 0.5) is 5.69 Å². The molecule has 0 bridgehead atoms. The summed E-state index contributed by atoms with van der Waals surface area (Å²) in [5.41, 5.74) is 1.44. The summed E-state index contributed by atoms with van der Waals surface area (Å²) in [4.78, 5) is 24.0. The number of thiophene rings is 1. The fourth-order valence-corrected chi connectivity index (χ4v) is 5.12. The number of nitrogens with one attached hydrogen (secondary N) is 1. The molecule has 0 aliphatic heterocycles. The first-order valence-electron chi connectivity index (χ1n) is 7.66. The first-order chi connectivity index (χ1) is 12.2. The maximum absolute atomic E-state index is 12.8. The third-order valence-electron chi connectivity index (χ3n) is 3.73. The van der Waals surface area contributed by atoms with Crippen molar-refractivity contribution in [1.82, 2.24) is 0 Å². The molecule has 2 rings (SSSR count). The Hall–Kier alpha value is -2.39. The first kappa shape index (κ1) is 19.9. The summed E-state index contributed by atoms with van der Waals surface area (Å²) in [6.45, 7) is 3.47. The summed E-state index contributed by atoms with van der Waals surface area (Å²) >= 11 is 0.671. The van der Waals surface area contributed by atoms with Crippen LogP contribution in [0.2, 0.25) is 0 Å². The van der Waals surface area contributed by atoms with Crippen LogP contribution < -0.4 is 4.72 Å². The zero-order valence-electron chi connectivity index (χ0n) is 14.8. The highest BCUT2D eigenvalue weighted by atomic mass is 32.2. The summed E-state index contributed by atoms with van der Waals surface area (Å²) in [6, 6.07) is 6.88. The van der Waals surface area contributed by atoms with Gasteiger partial charge in [0.1, 0.15) is 4.88 Å². The molecule has 0 spiro atoms. The number of ether oxygens (including phenoxy) is 2. The largest absolute Gasteiger partial charge is 0.465 e. The second kappa shape index (κ2) is 7.88. The van der Waals surface area contributed by atoms with E-state index in [1.807, 2.05) is 6.92 Å². The molecule has 0 fully saturated rings. The monoisotopic (exact) mass is 397 g/mol. The van der Waals surface area contributed by atoms with Gasteiger partial charge in [0.2, 0.25) is 0 Å². The molecule has 0 aliphatic carbocycles. The Morgan fingerprint density at radius 3 is 2.15 bits per heavy atom. The molecule has 0 radical (unpaired) electrons. The van der Waals surface area contributed by atoms with E-state index in [1.165, 1.54) is 14.0 Å². The smallest absolute Gasteiger partial charge is 0.348 e. The van der Waals surface area contributed by atoms with E-state index in [0.29, 0.717) is 17.0 Å². The van der Waals surface area contributed by atoms with Crippen molar-refractivity contribution in [2.24, 2.45) is 0 Å². The average Bonchev–Trinajstić information content (AvgIpc) is 2.99. The van der Waals surface area contributed by atoms with Gasteiger partial charge in [0.25, 0.3) is 10.0 Å². The number of carbonyl (C=O) groups excluding carboxylic acids is 2. The van der Waals surface area contributed by atoms with E-state index < -0.39 is 22.0 Å². The average molecular weight is 397 g/mol. The Labute approximate surface area is 156 Å². The van der Waals surface area contributed by atoms with Crippen LogP contribution in [0.5, 0.6) is 0 Å². The molecule has 0 saturated carbocycles. The normalized spacial score (nSPS) is 11.1. The lowest BCUT2D eigenvalue weighted by Gasteiger charge is -2.09. The van der Waals surface area contributed by atoms with Crippen LogP contribution in [0.25, 0.3) is 0 Å². The quantitative estimate of drug-likeness (QED) is 0.753. The number of sulfonamides is 1. The van der Waals surface area contributed by atoms with E-state index in [2.05, 4.69) is 14.2 Å². The molecule has 7 nitrogen and oxygen atoms in total. The fourth-order valence-electron chi connectivity index (χ4n) is 2.31. The number of methoxy groups -OCH3 is 2. The van der Waals surface area contributed by atoms with Crippen LogP contribution in [0.15, 0.2) is 28.5 Å². The van der Waals surface area contributed by atoms with Crippen LogP contribution in [0.1, 0.15) is 38.1 Å². The van der Waals surface area contributed by atoms with Gasteiger partial charge in [-0.1, -0.05) is 19.1 Å². The Morgan fingerprint density at radius 1 is 1.08 bits per heavy atom. The summed E-state index contributed by atoms with van der Waals surface area (Å²) < 4.78 is 37.1. The molecule has 1 aromatic carbocycles. The van der Waals surface area contributed by atoms with Crippen molar-refractivity contribution < 1.29 is 27.5 Å². The second-order valence-electron chi connectivity index (χ2n) is 5.36. The first-order valence-corrected chi connectivity index (χ1v) is 9.96. The van der Waals surface area contributed by atoms with E-state index in [4.69, 9.17) is 0 Å². The summed E-state index contributed by atoms with van der Waals surface area (Å²) in [7, 11) is -1.78. The van der Waals surface area contributed by atoms with E-state index in [-0.39, 0.29) is 20.2 Å². The van der Waals surface area contributed by atoms with Gasteiger partial charge < -0.3 is 9.47 Å². The topological polar surface area (TPSA) is 98.8 Å². The molecule has 0 saturated heterocycles. The number of benzene rings is 1. The van der Waals surface area contributed by atoms with Crippen molar-refractivity contribution in [3.63, 3.8) is 0 Å². The number of hydrogen-bond donors (Lipinski definition) is 1. The number of carbonyl (C=O) groups is 2. The molecule has 1 aromatic heterocycles. The number of anilines is 1. The molecule has 0 atom stereocenters. The highest BCUT2D eigenvalue weighted by Crippen LogP contribution is 2.34. The van der Waals surface area contributed by atoms with Crippen molar-refractivity contribution >= 4 is 39.0 Å². The minimum atomic E-state index is -4.10. The van der Waals surface area contributed by atoms with Crippen LogP contribution in [0, 0.1) is 6.92 Å². The lowest BCUT2D eigenvalue weighted by Crippen LogP contribution is -2.16. The predicted octanol–water partition coefficient (Wildman–Crippen LogP) is 2.99. The van der Waals surface area contributed by atoms with Gasteiger partial charge in [-0.25, -0.2) is 18.0 Å². The summed E-state index contributed by atoms with van der Waals surface area (Å²) in [6.07, 6.45) is 0.826. The molecule has 140 valence electrons. The zero-order chi connectivity index (χ0) is 19.5. The summed E-state index contributed by atoms with van der Waals surface area (Å²) in [5, 5.41) is 0.